The van der Waals surface area contributed by atoms with E-state index in [1.807, 2.05) is 24.3 Å². The number of nitrogens with one attached hydrogen (secondary N) is 1. The largest absolute Gasteiger partial charge is 0.328 e. The highest BCUT2D eigenvalue weighted by Gasteiger charge is 2.50. The number of aromatic nitrogens is 5. The van der Waals surface area contributed by atoms with E-state index in [1.165, 1.54) is 22.1 Å². The molecule has 1 N–H and O–H groups in total. The van der Waals surface area contributed by atoms with E-state index in [9.17, 15) is 18.0 Å². The second-order valence-electron chi connectivity index (χ2n) is 8.69. The van der Waals surface area contributed by atoms with Crippen molar-refractivity contribution in [1.29, 1.82) is 0 Å². The van der Waals surface area contributed by atoms with E-state index >= 15 is 0 Å². The summed E-state index contributed by atoms with van der Waals surface area (Å²) in [7, 11) is -3.37. The van der Waals surface area contributed by atoms with Crippen LogP contribution in [-0.4, -0.2) is 62.8 Å². The fourth-order valence-corrected chi connectivity index (χ4v) is 5.33. The number of carbonyl (C=O) groups excluding carboxylic acids is 1. The Balaban J connectivity index is 1.60. The van der Waals surface area contributed by atoms with Crippen LogP contribution in [0.2, 0.25) is 0 Å². The molecule has 1 aliphatic heterocycles. The fraction of sp³-hybridized carbons (Fsp3) is 0.261. The zero-order valence-corrected chi connectivity index (χ0v) is 19.4. The molecule has 3 aromatic heterocycles. The number of fused-ring (bicyclic) bond motifs is 1. The smallest absolute Gasteiger partial charge is 0.247 e. The van der Waals surface area contributed by atoms with Crippen LogP contribution in [-0.2, 0) is 20.4 Å². The lowest BCUT2D eigenvalue weighted by molar-refractivity contribution is -0.121. The molecule has 1 aliphatic rings. The van der Waals surface area contributed by atoms with Crippen LogP contribution in [0.15, 0.2) is 59.8 Å². The van der Waals surface area contributed by atoms with Crippen molar-refractivity contribution in [1.82, 2.24) is 29.3 Å². The van der Waals surface area contributed by atoms with E-state index in [2.05, 4.69) is 20.2 Å². The number of H-pyrrole nitrogens is 1. The van der Waals surface area contributed by atoms with Gasteiger partial charge in [0.2, 0.25) is 15.6 Å². The second kappa shape index (κ2) is 7.96. The third kappa shape index (κ3) is 3.93. The summed E-state index contributed by atoms with van der Waals surface area (Å²) in [5.74, 6) is -0.0679. The normalized spacial score (nSPS) is 15.8. The lowest BCUT2D eigenvalue weighted by atomic mass is 9.87. The van der Waals surface area contributed by atoms with Crippen molar-refractivity contribution in [3.63, 3.8) is 0 Å². The number of Topliss-reactive ketones (excluding diaryl/α,β-unsaturated/α-hetero) is 1. The number of carbonyl (C=O) groups is 1. The van der Waals surface area contributed by atoms with Crippen LogP contribution in [0.5, 0.6) is 0 Å². The molecule has 0 bridgehead atoms. The van der Waals surface area contributed by atoms with Crippen LogP contribution in [0.1, 0.15) is 13.3 Å². The summed E-state index contributed by atoms with van der Waals surface area (Å²) in [4.78, 5) is 32.1. The number of rotatable bonds is 6. The van der Waals surface area contributed by atoms with Gasteiger partial charge in [-0.1, -0.05) is 6.07 Å². The predicted molar refractivity (Wildman–Crippen MR) is 127 cm³/mol. The van der Waals surface area contributed by atoms with Gasteiger partial charge in [0, 0.05) is 48.9 Å². The number of sulfonamides is 1. The number of nitrogens with zero attached hydrogens (tertiary/aromatic N) is 5. The molecule has 1 aromatic carbocycles. The summed E-state index contributed by atoms with van der Waals surface area (Å²) in [5.41, 5.74) is 2.76. The van der Waals surface area contributed by atoms with Gasteiger partial charge in [0.1, 0.15) is 17.0 Å². The lowest BCUT2D eigenvalue weighted by Crippen LogP contribution is -2.65. The minimum Gasteiger partial charge on any atom is -0.328 e. The zero-order chi connectivity index (χ0) is 24.1. The summed E-state index contributed by atoms with van der Waals surface area (Å²) < 4.78 is 25.2. The van der Waals surface area contributed by atoms with Crippen LogP contribution in [0, 0.1) is 0 Å². The third-order valence-electron chi connectivity index (χ3n) is 6.02. The minimum absolute atomic E-state index is 0.0679. The molecule has 0 unspecified atom stereocenters. The van der Waals surface area contributed by atoms with E-state index in [1.54, 1.807) is 24.7 Å². The van der Waals surface area contributed by atoms with Crippen LogP contribution in [0.25, 0.3) is 33.3 Å². The summed E-state index contributed by atoms with van der Waals surface area (Å²) in [6.45, 7) is 1.75. The zero-order valence-electron chi connectivity index (χ0n) is 18.6. The van der Waals surface area contributed by atoms with Gasteiger partial charge >= 0.3 is 0 Å². The molecular weight excluding hydrogens is 456 g/mol. The van der Waals surface area contributed by atoms with Gasteiger partial charge in [0.05, 0.1) is 18.0 Å². The first-order valence-electron chi connectivity index (χ1n) is 10.6. The predicted octanol–water partition coefficient (Wildman–Crippen LogP) is 1.80. The van der Waals surface area contributed by atoms with Crippen molar-refractivity contribution in [2.24, 2.45) is 0 Å². The Morgan fingerprint density at radius 3 is 2.65 bits per heavy atom. The molecule has 0 amide bonds. The number of hydrogen-bond donors (Lipinski definition) is 1. The highest BCUT2D eigenvalue weighted by atomic mass is 32.2. The minimum atomic E-state index is -3.37. The maximum absolute atomic E-state index is 12.0. The van der Waals surface area contributed by atoms with Gasteiger partial charge in [0.15, 0.2) is 0 Å². The Kier molecular flexibility index (Phi) is 5.18. The van der Waals surface area contributed by atoms with E-state index < -0.39 is 15.6 Å². The molecule has 10 nitrogen and oxygen atoms in total. The van der Waals surface area contributed by atoms with Crippen molar-refractivity contribution < 1.29 is 13.2 Å². The number of aromatic amines is 1. The topological polar surface area (TPSA) is 131 Å². The SMILES string of the molecule is CC(=O)CC1(n2ncc(-c3cc(-c4ccc(=O)[nH]c4)cc4ncccc34)n2)CN(S(C)(=O)=O)C1. The maximum atomic E-state index is 12.0. The Labute approximate surface area is 195 Å². The molecule has 174 valence electrons. The number of hydrogen-bond acceptors (Lipinski definition) is 7. The molecule has 1 fully saturated rings. The van der Waals surface area contributed by atoms with E-state index in [0.29, 0.717) is 5.69 Å². The van der Waals surface area contributed by atoms with Gasteiger partial charge in [0.25, 0.3) is 0 Å². The van der Waals surface area contributed by atoms with E-state index in [-0.39, 0.29) is 30.9 Å². The van der Waals surface area contributed by atoms with Crippen molar-refractivity contribution in [2.45, 2.75) is 18.9 Å². The highest BCUT2D eigenvalue weighted by Crippen LogP contribution is 2.36. The summed E-state index contributed by atoms with van der Waals surface area (Å²) in [5, 5.41) is 10.0. The van der Waals surface area contributed by atoms with Gasteiger partial charge in [-0.3, -0.25) is 14.6 Å². The molecule has 0 aliphatic carbocycles. The summed E-state index contributed by atoms with van der Waals surface area (Å²) >= 11 is 0. The average Bonchev–Trinajstić information content (AvgIpc) is 3.25. The van der Waals surface area contributed by atoms with Gasteiger partial charge < -0.3 is 4.98 Å². The molecule has 4 heterocycles. The van der Waals surface area contributed by atoms with Crippen molar-refractivity contribution in [3.8, 4) is 22.4 Å². The molecule has 0 spiro atoms. The lowest BCUT2D eigenvalue weighted by Gasteiger charge is -2.47. The highest BCUT2D eigenvalue weighted by molar-refractivity contribution is 7.88. The van der Waals surface area contributed by atoms with Gasteiger partial charge in [-0.25, -0.2) is 8.42 Å². The number of pyridine rings is 2. The third-order valence-corrected chi connectivity index (χ3v) is 7.21. The van der Waals surface area contributed by atoms with Crippen LogP contribution in [0.3, 0.4) is 0 Å². The summed E-state index contributed by atoms with van der Waals surface area (Å²) in [6, 6.07) is 10.9. The Morgan fingerprint density at radius 2 is 1.97 bits per heavy atom. The monoisotopic (exact) mass is 478 g/mol. The molecule has 0 radical (unpaired) electrons. The fourth-order valence-electron chi connectivity index (χ4n) is 4.38. The quantitative estimate of drug-likeness (QED) is 0.447. The first kappa shape index (κ1) is 22.1. The molecule has 11 heteroatoms. The van der Waals surface area contributed by atoms with Crippen LogP contribution < -0.4 is 5.56 Å². The Morgan fingerprint density at radius 1 is 1.18 bits per heavy atom. The Bertz CT molecular complexity index is 1560. The average molecular weight is 479 g/mol. The molecule has 0 atom stereocenters. The first-order chi connectivity index (χ1) is 16.1. The summed E-state index contributed by atoms with van der Waals surface area (Å²) in [6.07, 6.45) is 6.24. The van der Waals surface area contributed by atoms with Gasteiger partial charge in [-0.05, 0) is 42.3 Å². The molecule has 5 rings (SSSR count). The Hall–Kier alpha value is -3.70. The van der Waals surface area contributed by atoms with Crippen LogP contribution in [0.4, 0.5) is 0 Å². The molecule has 34 heavy (non-hydrogen) atoms. The van der Waals surface area contributed by atoms with E-state index in [0.717, 1.165) is 33.8 Å². The van der Waals surface area contributed by atoms with Crippen molar-refractivity contribution >= 4 is 26.7 Å². The second-order valence-corrected chi connectivity index (χ2v) is 10.7. The van der Waals surface area contributed by atoms with Gasteiger partial charge in [-0.2, -0.15) is 19.3 Å². The molecular formula is C23H22N6O4S. The van der Waals surface area contributed by atoms with Crippen LogP contribution >= 0.6 is 0 Å². The molecule has 0 saturated carbocycles. The molecule has 4 aromatic rings. The standard InChI is InChI=1S/C23H22N6O4S/c1-15(30)10-23(13-28(14-23)34(2,32)33)29-26-12-21(27-29)19-8-17(16-5-6-22(31)25-11-16)9-20-18(19)4-3-7-24-20/h3-9,11-12H,10,13-14H2,1-2H3,(H,25,31). The van der Waals surface area contributed by atoms with Crippen molar-refractivity contribution in [2.75, 3.05) is 19.3 Å². The number of benzene rings is 1. The first-order valence-corrected chi connectivity index (χ1v) is 12.5. The van der Waals surface area contributed by atoms with E-state index in [4.69, 9.17) is 0 Å². The van der Waals surface area contributed by atoms with Gasteiger partial charge in [-0.15, -0.1) is 0 Å². The maximum Gasteiger partial charge on any atom is 0.247 e. The molecule has 1 saturated heterocycles. The van der Waals surface area contributed by atoms with Crippen molar-refractivity contribution in [3.05, 3.63) is 65.3 Å². The number of ketones is 1.